The van der Waals surface area contributed by atoms with Crippen molar-refractivity contribution in [2.75, 3.05) is 5.32 Å². The van der Waals surface area contributed by atoms with E-state index in [4.69, 9.17) is 16.0 Å². The van der Waals surface area contributed by atoms with Crippen LogP contribution < -0.4 is 5.32 Å². The average molecular weight is 329 g/mol. The van der Waals surface area contributed by atoms with E-state index >= 15 is 0 Å². The zero-order chi connectivity index (χ0) is 16.2. The van der Waals surface area contributed by atoms with E-state index < -0.39 is 0 Å². The Morgan fingerprint density at radius 1 is 1.26 bits per heavy atom. The second-order valence-electron chi connectivity index (χ2n) is 5.44. The van der Waals surface area contributed by atoms with Gasteiger partial charge in [0.1, 0.15) is 5.52 Å². The smallest absolute Gasteiger partial charge is 0.224 e. The minimum absolute atomic E-state index is 0.0357. The van der Waals surface area contributed by atoms with Crippen LogP contribution in [0.15, 0.2) is 46.9 Å². The Morgan fingerprint density at radius 3 is 2.91 bits per heavy atom. The van der Waals surface area contributed by atoms with Gasteiger partial charge in [0.2, 0.25) is 5.91 Å². The molecule has 0 aliphatic rings. The lowest BCUT2D eigenvalue weighted by atomic mass is 10.2. The number of nitrogens with zero attached hydrogens (tertiary/aromatic N) is 1. The van der Waals surface area contributed by atoms with E-state index in [1.54, 1.807) is 12.1 Å². The van der Waals surface area contributed by atoms with Gasteiger partial charge in [0, 0.05) is 23.6 Å². The number of para-hydroxylation sites is 2. The summed E-state index contributed by atoms with van der Waals surface area (Å²) in [6.07, 6.45) is 1.72. The molecule has 1 aromatic heterocycles. The molecule has 0 unspecified atom stereocenters. The van der Waals surface area contributed by atoms with Crippen molar-refractivity contribution in [1.29, 1.82) is 0 Å². The Labute approximate surface area is 139 Å². The highest BCUT2D eigenvalue weighted by molar-refractivity contribution is 6.31. The molecule has 23 heavy (non-hydrogen) atoms. The molecule has 1 heterocycles. The number of rotatable bonds is 5. The first-order valence-electron chi connectivity index (χ1n) is 7.52. The molecule has 1 N–H and O–H groups in total. The largest absolute Gasteiger partial charge is 0.441 e. The fraction of sp³-hybridized carbons (Fsp3) is 0.222. The molecular formula is C18H17ClN2O2. The van der Waals surface area contributed by atoms with Gasteiger partial charge in [-0.3, -0.25) is 4.79 Å². The number of nitrogens with one attached hydrogen (secondary N) is 1. The maximum absolute atomic E-state index is 12.0. The number of fused-ring (bicyclic) bond motifs is 1. The van der Waals surface area contributed by atoms with E-state index in [0.717, 1.165) is 22.4 Å². The molecule has 0 atom stereocenters. The maximum atomic E-state index is 12.0. The minimum Gasteiger partial charge on any atom is -0.441 e. The first-order valence-corrected chi connectivity index (χ1v) is 7.90. The van der Waals surface area contributed by atoms with Crippen LogP contribution in [0.2, 0.25) is 5.02 Å². The van der Waals surface area contributed by atoms with Crippen LogP contribution in [0.5, 0.6) is 0 Å². The Balaban J connectivity index is 1.53. The van der Waals surface area contributed by atoms with Crippen LogP contribution in [0, 0.1) is 6.92 Å². The third kappa shape index (κ3) is 3.90. The van der Waals surface area contributed by atoms with E-state index in [1.807, 2.05) is 37.3 Å². The third-order valence-electron chi connectivity index (χ3n) is 3.61. The topological polar surface area (TPSA) is 55.1 Å². The fourth-order valence-corrected chi connectivity index (χ4v) is 2.54. The zero-order valence-corrected chi connectivity index (χ0v) is 13.6. The van der Waals surface area contributed by atoms with Gasteiger partial charge in [0.15, 0.2) is 11.5 Å². The molecule has 0 saturated heterocycles. The van der Waals surface area contributed by atoms with Crippen LogP contribution in [0.1, 0.15) is 24.3 Å². The van der Waals surface area contributed by atoms with Gasteiger partial charge >= 0.3 is 0 Å². The quantitative estimate of drug-likeness (QED) is 0.735. The molecule has 3 rings (SSSR count). The molecule has 4 nitrogen and oxygen atoms in total. The predicted molar refractivity (Wildman–Crippen MR) is 91.8 cm³/mol. The summed E-state index contributed by atoms with van der Waals surface area (Å²) in [7, 11) is 0. The molecule has 0 aliphatic heterocycles. The monoisotopic (exact) mass is 328 g/mol. The molecule has 0 saturated carbocycles. The van der Waals surface area contributed by atoms with Crippen LogP contribution in [-0.2, 0) is 11.2 Å². The Hall–Kier alpha value is -2.33. The van der Waals surface area contributed by atoms with Gasteiger partial charge in [0.05, 0.1) is 0 Å². The number of amides is 1. The number of hydrogen-bond acceptors (Lipinski definition) is 3. The molecule has 0 fully saturated rings. The van der Waals surface area contributed by atoms with E-state index in [2.05, 4.69) is 10.3 Å². The number of anilines is 1. The van der Waals surface area contributed by atoms with Crippen molar-refractivity contribution < 1.29 is 9.21 Å². The molecule has 0 bridgehead atoms. The van der Waals surface area contributed by atoms with Crippen molar-refractivity contribution in [3.8, 4) is 0 Å². The number of aryl methyl sites for hydroxylation is 2. The lowest BCUT2D eigenvalue weighted by Gasteiger charge is -2.08. The van der Waals surface area contributed by atoms with E-state index in [0.29, 0.717) is 30.2 Å². The average Bonchev–Trinajstić information content (AvgIpc) is 2.93. The van der Waals surface area contributed by atoms with Crippen molar-refractivity contribution in [3.63, 3.8) is 0 Å². The highest BCUT2D eigenvalue weighted by Crippen LogP contribution is 2.21. The third-order valence-corrected chi connectivity index (χ3v) is 3.84. The summed E-state index contributed by atoms with van der Waals surface area (Å²) < 4.78 is 5.64. The molecule has 5 heteroatoms. The number of benzene rings is 2. The molecule has 0 radical (unpaired) electrons. The molecule has 0 aliphatic carbocycles. The van der Waals surface area contributed by atoms with Gasteiger partial charge in [-0.05, 0) is 43.2 Å². The zero-order valence-electron chi connectivity index (χ0n) is 12.8. The maximum Gasteiger partial charge on any atom is 0.224 e. The number of oxazole rings is 1. The van der Waals surface area contributed by atoms with Crippen molar-refractivity contribution in [2.24, 2.45) is 0 Å². The van der Waals surface area contributed by atoms with Crippen LogP contribution in [0.4, 0.5) is 5.69 Å². The predicted octanol–water partition coefficient (Wildman–Crippen LogP) is 4.75. The first-order chi connectivity index (χ1) is 11.1. The van der Waals surface area contributed by atoms with Crippen molar-refractivity contribution in [2.45, 2.75) is 26.2 Å². The highest BCUT2D eigenvalue weighted by atomic mass is 35.5. The summed E-state index contributed by atoms with van der Waals surface area (Å²) in [5.41, 5.74) is 3.37. The highest BCUT2D eigenvalue weighted by Gasteiger charge is 2.08. The van der Waals surface area contributed by atoms with E-state index in [1.165, 1.54) is 0 Å². The summed E-state index contributed by atoms with van der Waals surface area (Å²) in [6, 6.07) is 13.1. The molecule has 1 amide bonds. The Bertz CT molecular complexity index is 809. The summed E-state index contributed by atoms with van der Waals surface area (Å²) >= 11 is 5.95. The number of carbonyl (C=O) groups excluding carboxylic acids is 1. The van der Waals surface area contributed by atoms with Gasteiger partial charge in [0.25, 0.3) is 0 Å². The Morgan fingerprint density at radius 2 is 2.09 bits per heavy atom. The van der Waals surface area contributed by atoms with Crippen LogP contribution in [0.25, 0.3) is 11.1 Å². The van der Waals surface area contributed by atoms with Crippen LogP contribution in [-0.4, -0.2) is 10.9 Å². The first kappa shape index (κ1) is 15.6. The lowest BCUT2D eigenvalue weighted by molar-refractivity contribution is -0.116. The van der Waals surface area contributed by atoms with Crippen molar-refractivity contribution in [3.05, 3.63) is 58.9 Å². The van der Waals surface area contributed by atoms with Crippen LogP contribution in [0.3, 0.4) is 0 Å². The lowest BCUT2D eigenvalue weighted by Crippen LogP contribution is -2.12. The van der Waals surface area contributed by atoms with E-state index in [-0.39, 0.29) is 5.91 Å². The second kappa shape index (κ2) is 6.84. The van der Waals surface area contributed by atoms with Gasteiger partial charge in [-0.1, -0.05) is 29.8 Å². The van der Waals surface area contributed by atoms with Crippen molar-refractivity contribution in [1.82, 2.24) is 4.98 Å². The van der Waals surface area contributed by atoms with Crippen molar-refractivity contribution >= 4 is 34.3 Å². The van der Waals surface area contributed by atoms with Gasteiger partial charge < -0.3 is 9.73 Å². The molecule has 118 valence electrons. The summed E-state index contributed by atoms with van der Waals surface area (Å²) in [4.78, 5) is 16.4. The van der Waals surface area contributed by atoms with Gasteiger partial charge in [-0.25, -0.2) is 4.98 Å². The summed E-state index contributed by atoms with van der Waals surface area (Å²) in [6.45, 7) is 1.93. The molecule has 3 aromatic rings. The second-order valence-corrected chi connectivity index (χ2v) is 5.87. The number of aromatic nitrogens is 1. The number of hydrogen-bond donors (Lipinski definition) is 1. The summed E-state index contributed by atoms with van der Waals surface area (Å²) in [5, 5.41) is 3.50. The normalized spacial score (nSPS) is 10.9. The van der Waals surface area contributed by atoms with Gasteiger partial charge in [-0.15, -0.1) is 0 Å². The molecule has 2 aromatic carbocycles. The number of carbonyl (C=O) groups is 1. The van der Waals surface area contributed by atoms with E-state index in [9.17, 15) is 4.79 Å². The SMILES string of the molecule is Cc1ccc(Cl)cc1NC(=O)CCCc1nc2ccccc2o1. The molecule has 0 spiro atoms. The minimum atomic E-state index is -0.0357. The molecular weight excluding hydrogens is 312 g/mol. The summed E-state index contributed by atoms with van der Waals surface area (Å²) in [5.74, 6) is 0.629. The van der Waals surface area contributed by atoms with Gasteiger partial charge in [-0.2, -0.15) is 0 Å². The number of halogens is 1. The van der Waals surface area contributed by atoms with Crippen LogP contribution >= 0.6 is 11.6 Å². The Kier molecular flexibility index (Phi) is 4.63. The fourth-order valence-electron chi connectivity index (χ4n) is 2.37. The standard InChI is InChI=1S/C18H17ClN2O2/c1-12-9-10-13(19)11-15(12)20-17(22)7-4-8-18-21-14-5-2-3-6-16(14)23-18/h2-3,5-6,9-11H,4,7-8H2,1H3,(H,20,22).